The number of piperidine rings is 1. The predicted molar refractivity (Wildman–Crippen MR) is 65.9 cm³/mol. The Labute approximate surface area is 107 Å². The number of likely N-dealkylation sites (tertiary alicyclic amines) is 1. The maximum atomic E-state index is 11.9. The van der Waals surface area contributed by atoms with Gasteiger partial charge in [0.05, 0.1) is 6.17 Å². The Morgan fingerprint density at radius 1 is 1.44 bits per heavy atom. The molecule has 0 aliphatic carbocycles. The monoisotopic (exact) mass is 258 g/mol. The summed E-state index contributed by atoms with van der Waals surface area (Å²) < 4.78 is 5.25. The Kier molecular flexibility index (Phi) is 4.56. The van der Waals surface area contributed by atoms with Crippen LogP contribution in [0.1, 0.15) is 40.0 Å². The molecule has 0 saturated carbocycles. The summed E-state index contributed by atoms with van der Waals surface area (Å²) in [6.45, 7) is 5.85. The molecule has 3 N–H and O–H groups in total. The van der Waals surface area contributed by atoms with Gasteiger partial charge in [0.15, 0.2) is 0 Å². The van der Waals surface area contributed by atoms with Crippen molar-refractivity contribution >= 4 is 12.1 Å². The number of hydrogen-bond donors (Lipinski definition) is 2. The minimum Gasteiger partial charge on any atom is -0.481 e. The predicted octanol–water partition coefficient (Wildman–Crippen LogP) is 1.39. The summed E-state index contributed by atoms with van der Waals surface area (Å²) in [5.41, 5.74) is 5.35. The van der Waals surface area contributed by atoms with Crippen molar-refractivity contribution in [2.75, 3.05) is 6.54 Å². The van der Waals surface area contributed by atoms with Crippen molar-refractivity contribution in [2.45, 2.75) is 51.8 Å². The zero-order chi connectivity index (χ0) is 13.9. The lowest BCUT2D eigenvalue weighted by atomic mass is 9.92. The van der Waals surface area contributed by atoms with Crippen LogP contribution >= 0.6 is 0 Å². The SMILES string of the molecule is CC(C)(C)OC(=O)N1CC[C@@H](CC(=O)O)C[C@@H]1N. The molecule has 1 saturated heterocycles. The highest BCUT2D eigenvalue weighted by Gasteiger charge is 2.32. The molecule has 1 amide bonds. The molecule has 2 atom stereocenters. The topological polar surface area (TPSA) is 92.9 Å². The van der Waals surface area contributed by atoms with Crippen molar-refractivity contribution in [3.63, 3.8) is 0 Å². The van der Waals surface area contributed by atoms with Gasteiger partial charge in [-0.3, -0.25) is 9.69 Å². The highest BCUT2D eigenvalue weighted by molar-refractivity contribution is 5.69. The largest absolute Gasteiger partial charge is 0.481 e. The van der Waals surface area contributed by atoms with Crippen LogP contribution in [0.2, 0.25) is 0 Å². The first-order valence-corrected chi connectivity index (χ1v) is 6.16. The zero-order valence-electron chi connectivity index (χ0n) is 11.2. The second kappa shape index (κ2) is 5.56. The molecule has 1 aliphatic heterocycles. The van der Waals surface area contributed by atoms with Crippen molar-refractivity contribution in [1.29, 1.82) is 0 Å². The first kappa shape index (κ1) is 14.8. The van der Waals surface area contributed by atoms with Crippen LogP contribution in [-0.2, 0) is 9.53 Å². The summed E-state index contributed by atoms with van der Waals surface area (Å²) in [5.74, 6) is -0.783. The minimum atomic E-state index is -0.821. The second-order valence-corrected chi connectivity index (χ2v) is 5.73. The van der Waals surface area contributed by atoms with Gasteiger partial charge in [-0.15, -0.1) is 0 Å². The third-order valence-corrected chi connectivity index (χ3v) is 2.84. The van der Waals surface area contributed by atoms with E-state index in [0.717, 1.165) is 0 Å². The minimum absolute atomic E-state index is 0.0381. The van der Waals surface area contributed by atoms with Crippen LogP contribution in [0.3, 0.4) is 0 Å². The van der Waals surface area contributed by atoms with Gasteiger partial charge in [0, 0.05) is 13.0 Å². The average molecular weight is 258 g/mol. The third-order valence-electron chi connectivity index (χ3n) is 2.84. The maximum absolute atomic E-state index is 11.9. The molecule has 0 bridgehead atoms. The maximum Gasteiger partial charge on any atom is 0.411 e. The van der Waals surface area contributed by atoms with Crippen molar-refractivity contribution in [1.82, 2.24) is 4.90 Å². The van der Waals surface area contributed by atoms with E-state index >= 15 is 0 Å². The van der Waals surface area contributed by atoms with Crippen molar-refractivity contribution in [2.24, 2.45) is 11.7 Å². The van der Waals surface area contributed by atoms with Gasteiger partial charge in [-0.1, -0.05) is 0 Å². The molecule has 1 aliphatic rings. The molecule has 1 rings (SSSR count). The van der Waals surface area contributed by atoms with Gasteiger partial charge in [0.1, 0.15) is 5.60 Å². The Hall–Kier alpha value is -1.30. The van der Waals surface area contributed by atoms with Gasteiger partial charge in [-0.2, -0.15) is 0 Å². The zero-order valence-corrected chi connectivity index (χ0v) is 11.2. The van der Waals surface area contributed by atoms with Crippen molar-refractivity contribution in [3.05, 3.63) is 0 Å². The lowest BCUT2D eigenvalue weighted by Gasteiger charge is -2.37. The van der Waals surface area contributed by atoms with E-state index in [2.05, 4.69) is 0 Å². The van der Waals surface area contributed by atoms with Gasteiger partial charge in [-0.25, -0.2) is 4.79 Å². The van der Waals surface area contributed by atoms with E-state index in [1.54, 1.807) is 20.8 Å². The molecule has 104 valence electrons. The van der Waals surface area contributed by atoms with E-state index in [-0.39, 0.29) is 12.3 Å². The number of hydrogen-bond acceptors (Lipinski definition) is 4. The first-order valence-electron chi connectivity index (χ1n) is 6.16. The number of nitrogens with zero attached hydrogens (tertiary/aromatic N) is 1. The number of carboxylic acid groups (broad SMARTS) is 1. The Morgan fingerprint density at radius 3 is 2.50 bits per heavy atom. The molecular weight excluding hydrogens is 236 g/mol. The van der Waals surface area contributed by atoms with Crippen LogP contribution in [-0.4, -0.2) is 40.4 Å². The lowest BCUT2D eigenvalue weighted by molar-refractivity contribution is -0.138. The Bertz CT molecular complexity index is 325. The van der Waals surface area contributed by atoms with E-state index in [4.69, 9.17) is 15.6 Å². The normalized spacial score (nSPS) is 24.8. The van der Waals surface area contributed by atoms with E-state index in [9.17, 15) is 9.59 Å². The molecule has 6 heteroatoms. The molecular formula is C12H22N2O4. The number of ether oxygens (including phenoxy) is 1. The highest BCUT2D eigenvalue weighted by atomic mass is 16.6. The highest BCUT2D eigenvalue weighted by Crippen LogP contribution is 2.24. The first-order chi connectivity index (χ1) is 8.19. The number of nitrogens with two attached hydrogens (primary N) is 1. The number of carboxylic acids is 1. The van der Waals surface area contributed by atoms with Gasteiger partial charge in [-0.05, 0) is 39.5 Å². The van der Waals surface area contributed by atoms with Crippen molar-refractivity contribution < 1.29 is 19.4 Å². The van der Waals surface area contributed by atoms with Crippen LogP contribution in [0.5, 0.6) is 0 Å². The summed E-state index contributed by atoms with van der Waals surface area (Å²) in [4.78, 5) is 24.0. The third kappa shape index (κ3) is 4.52. The lowest BCUT2D eigenvalue weighted by Crippen LogP contribution is -2.52. The van der Waals surface area contributed by atoms with Gasteiger partial charge in [0.2, 0.25) is 0 Å². The van der Waals surface area contributed by atoms with Gasteiger partial charge < -0.3 is 15.6 Å². The fourth-order valence-electron chi connectivity index (χ4n) is 2.05. The molecule has 0 radical (unpaired) electrons. The molecule has 1 heterocycles. The molecule has 18 heavy (non-hydrogen) atoms. The van der Waals surface area contributed by atoms with Crippen LogP contribution in [0.25, 0.3) is 0 Å². The summed E-state index contributed by atoms with van der Waals surface area (Å²) in [5, 5.41) is 8.73. The standard InChI is InChI=1S/C12H22N2O4/c1-12(2,3)18-11(17)14-5-4-8(6-9(14)13)7-10(15)16/h8-9H,4-7,13H2,1-3H3,(H,15,16)/t8-,9-/m1/s1. The number of carbonyl (C=O) groups is 2. The van der Waals surface area contributed by atoms with Gasteiger partial charge in [0.25, 0.3) is 0 Å². The quantitative estimate of drug-likeness (QED) is 0.780. The van der Waals surface area contributed by atoms with E-state index in [1.165, 1.54) is 4.90 Å². The van der Waals surface area contributed by atoms with E-state index in [1.807, 2.05) is 0 Å². The fourth-order valence-corrected chi connectivity index (χ4v) is 2.05. The van der Waals surface area contributed by atoms with Gasteiger partial charge >= 0.3 is 12.1 Å². The molecule has 0 aromatic carbocycles. The number of amides is 1. The smallest absolute Gasteiger partial charge is 0.411 e. The molecule has 6 nitrogen and oxygen atoms in total. The Morgan fingerprint density at radius 2 is 2.06 bits per heavy atom. The fraction of sp³-hybridized carbons (Fsp3) is 0.833. The molecule has 1 fully saturated rings. The summed E-state index contributed by atoms with van der Waals surface area (Å²) in [7, 11) is 0. The van der Waals surface area contributed by atoms with E-state index in [0.29, 0.717) is 19.4 Å². The summed E-state index contributed by atoms with van der Waals surface area (Å²) >= 11 is 0. The van der Waals surface area contributed by atoms with Crippen LogP contribution in [0.15, 0.2) is 0 Å². The van der Waals surface area contributed by atoms with E-state index < -0.39 is 23.8 Å². The average Bonchev–Trinajstić information content (AvgIpc) is 2.13. The van der Waals surface area contributed by atoms with Crippen LogP contribution in [0, 0.1) is 5.92 Å². The molecule has 0 spiro atoms. The van der Waals surface area contributed by atoms with Crippen LogP contribution < -0.4 is 5.73 Å². The second-order valence-electron chi connectivity index (χ2n) is 5.73. The molecule has 0 aromatic rings. The summed E-state index contributed by atoms with van der Waals surface area (Å²) in [6.07, 6.45) is 0.377. The van der Waals surface area contributed by atoms with Crippen LogP contribution in [0.4, 0.5) is 4.79 Å². The van der Waals surface area contributed by atoms with Crippen molar-refractivity contribution in [3.8, 4) is 0 Å². The summed E-state index contributed by atoms with van der Waals surface area (Å²) in [6, 6.07) is 0. The number of rotatable bonds is 2. The molecule has 0 unspecified atom stereocenters. The molecule has 0 aromatic heterocycles. The number of aliphatic carboxylic acids is 1. The number of carbonyl (C=O) groups excluding carboxylic acids is 1. The Balaban J connectivity index is 2.52.